The lowest BCUT2D eigenvalue weighted by Crippen LogP contribution is -2.25. The van der Waals surface area contributed by atoms with Gasteiger partial charge in [0.2, 0.25) is 9.84 Å². The summed E-state index contributed by atoms with van der Waals surface area (Å²) in [6.07, 6.45) is -0.625. The third-order valence-corrected chi connectivity index (χ3v) is 4.10. The highest BCUT2D eigenvalue weighted by atomic mass is 32.2. The maximum atomic E-state index is 12.6. The van der Waals surface area contributed by atoms with Gasteiger partial charge in [-0.1, -0.05) is 6.92 Å². The second-order valence-electron chi connectivity index (χ2n) is 8.11. The first kappa shape index (κ1) is 25.7. The van der Waals surface area contributed by atoms with E-state index in [1.54, 1.807) is 41.5 Å². The van der Waals surface area contributed by atoms with Crippen molar-refractivity contribution in [3.63, 3.8) is 0 Å². The van der Waals surface area contributed by atoms with E-state index in [9.17, 15) is 24.0 Å². The van der Waals surface area contributed by atoms with Crippen LogP contribution in [0.25, 0.3) is 0 Å². The Morgan fingerprint density at radius 3 is 1.64 bits per heavy atom. The average Bonchev–Trinajstić information content (AvgIpc) is 2.41. The Balaban J connectivity index is 7.19. The van der Waals surface area contributed by atoms with Crippen LogP contribution in [0.15, 0.2) is 26.2 Å². The van der Waals surface area contributed by atoms with E-state index in [-0.39, 0.29) is 14.7 Å². The van der Waals surface area contributed by atoms with Crippen LogP contribution in [0.5, 0.6) is 0 Å². The minimum absolute atomic E-state index is 0.183. The highest BCUT2D eigenvalue weighted by molar-refractivity contribution is 7.95. The molecule has 0 aliphatic carbocycles. The van der Waals surface area contributed by atoms with Gasteiger partial charge in [-0.2, -0.15) is 0 Å². The molecule has 0 N–H and O–H groups in total. The summed E-state index contributed by atoms with van der Waals surface area (Å²) in [4.78, 5) is 4.38. The van der Waals surface area contributed by atoms with Gasteiger partial charge in [0.1, 0.15) is 11.1 Å². The molecule has 28 heavy (non-hydrogen) atoms. The zero-order valence-corrected chi connectivity index (χ0v) is 18.6. The maximum Gasteiger partial charge on any atom is 0.562 e. The Hall–Kier alpha value is -2.31. The molecule has 0 aromatic rings. The lowest BCUT2D eigenvalue weighted by atomic mass is 10.1. The summed E-state index contributed by atoms with van der Waals surface area (Å²) in [7, 11) is -4.30. The summed E-state index contributed by atoms with van der Waals surface area (Å²) < 4.78 is 25.0. The molecule has 0 spiro atoms. The van der Waals surface area contributed by atoms with Crippen LogP contribution in [0, 0.1) is 15.6 Å². The lowest BCUT2D eigenvalue weighted by molar-refractivity contribution is -0.797. The molecule has 0 fully saturated rings. The average molecular weight is 423 g/mol. The van der Waals surface area contributed by atoms with Gasteiger partial charge < -0.3 is 15.3 Å². The first-order valence-corrected chi connectivity index (χ1v) is 10.3. The van der Waals surface area contributed by atoms with Crippen LogP contribution < -0.4 is 0 Å². The summed E-state index contributed by atoms with van der Waals surface area (Å²) in [5, 5.41) is 46.4. The van der Waals surface area contributed by atoms with Crippen molar-refractivity contribution >= 4 is 9.84 Å². The number of azo groups is 2. The molecule has 0 aliphatic rings. The van der Waals surface area contributed by atoms with E-state index < -0.39 is 43.6 Å². The summed E-state index contributed by atoms with van der Waals surface area (Å²) >= 11 is 0. The van der Waals surface area contributed by atoms with Crippen LogP contribution in [0.2, 0.25) is 0 Å². The molecule has 0 saturated heterocycles. The van der Waals surface area contributed by atoms with E-state index in [0.717, 1.165) is 0 Å². The zero-order valence-electron chi connectivity index (χ0n) is 17.8. The second-order valence-corrected chi connectivity index (χ2v) is 10.3. The van der Waals surface area contributed by atoms with E-state index in [2.05, 4.69) is 15.3 Å². The van der Waals surface area contributed by atoms with Crippen molar-refractivity contribution in [3.8, 4) is 0 Å². The van der Waals surface area contributed by atoms with Gasteiger partial charge >= 0.3 is 10.9 Å². The third-order valence-electron chi connectivity index (χ3n) is 2.48. The molecule has 0 radical (unpaired) electrons. The first-order valence-electron chi connectivity index (χ1n) is 8.62. The fourth-order valence-corrected chi connectivity index (χ4v) is 2.44. The van der Waals surface area contributed by atoms with Crippen LogP contribution in [0.1, 0.15) is 62.3 Å². The van der Waals surface area contributed by atoms with Crippen molar-refractivity contribution in [3.05, 3.63) is 26.5 Å². The SMILES string of the molecule is CCS(=O)(=O)C(N=[N+]([O-])OC(C)C)=C([N+]([O-])=NC(C)(C)C)[N+]([O-])=NC(C)(C)C. The summed E-state index contributed by atoms with van der Waals surface area (Å²) in [6.45, 7) is 13.7. The van der Waals surface area contributed by atoms with E-state index in [1.165, 1.54) is 20.8 Å². The molecular formula is C15H30N6O6S. The molecule has 12 nitrogen and oxygen atoms in total. The number of rotatable bonds is 7. The molecule has 0 rings (SSSR count). The molecule has 0 heterocycles. The number of hydrogen-bond donors (Lipinski definition) is 0. The molecule has 0 bridgehead atoms. The van der Waals surface area contributed by atoms with Crippen molar-refractivity contribution in [1.82, 2.24) is 0 Å². The second kappa shape index (κ2) is 9.26. The Morgan fingerprint density at radius 1 is 0.964 bits per heavy atom. The van der Waals surface area contributed by atoms with Crippen molar-refractivity contribution in [2.75, 3.05) is 5.75 Å². The molecule has 13 heteroatoms. The minimum atomic E-state index is -4.30. The van der Waals surface area contributed by atoms with Gasteiger partial charge in [0.15, 0.2) is 5.02 Å². The smallest absolute Gasteiger partial charge is 0.562 e. The van der Waals surface area contributed by atoms with E-state index in [4.69, 9.17) is 4.84 Å². The largest absolute Gasteiger partial charge is 0.590 e. The van der Waals surface area contributed by atoms with E-state index in [0.29, 0.717) is 0 Å². The predicted octanol–water partition coefficient (Wildman–Crippen LogP) is 3.37. The Bertz CT molecular complexity index is 753. The topological polar surface area (TPSA) is 159 Å². The maximum absolute atomic E-state index is 12.6. The fourth-order valence-electron chi connectivity index (χ4n) is 1.54. The third kappa shape index (κ3) is 9.06. The molecule has 0 saturated carbocycles. The number of hydroxylamine groups is 2. The predicted molar refractivity (Wildman–Crippen MR) is 100 cm³/mol. The van der Waals surface area contributed by atoms with Gasteiger partial charge in [0.05, 0.1) is 17.0 Å². The molecule has 0 aromatic carbocycles. The highest BCUT2D eigenvalue weighted by Crippen LogP contribution is 2.21. The number of hydrogen-bond acceptors (Lipinski definition) is 9. The molecule has 0 amide bonds. The molecular weight excluding hydrogens is 392 g/mol. The lowest BCUT2D eigenvalue weighted by Gasteiger charge is -2.12. The fraction of sp³-hybridized carbons (Fsp3) is 0.867. The normalized spacial score (nSPS) is 15.0. The number of sulfone groups is 1. The van der Waals surface area contributed by atoms with Crippen LogP contribution in [-0.4, -0.2) is 46.1 Å². The van der Waals surface area contributed by atoms with Gasteiger partial charge in [-0.25, -0.2) is 13.6 Å². The van der Waals surface area contributed by atoms with Gasteiger partial charge in [-0.15, -0.1) is 0 Å². The van der Waals surface area contributed by atoms with E-state index in [1.807, 2.05) is 0 Å². The van der Waals surface area contributed by atoms with Crippen LogP contribution in [-0.2, 0) is 14.7 Å². The Morgan fingerprint density at radius 2 is 1.36 bits per heavy atom. The highest BCUT2D eigenvalue weighted by Gasteiger charge is 2.42. The van der Waals surface area contributed by atoms with Gasteiger partial charge in [-0.3, -0.25) is 0 Å². The molecule has 0 aliphatic heterocycles. The molecule has 162 valence electrons. The summed E-state index contributed by atoms with van der Waals surface area (Å²) in [5.41, 5.74) is -1.91. The number of nitrogens with zero attached hydrogens (tertiary/aromatic N) is 6. The van der Waals surface area contributed by atoms with Gasteiger partial charge in [0.25, 0.3) is 0 Å². The summed E-state index contributed by atoms with van der Waals surface area (Å²) in [5.74, 6) is -1.59. The van der Waals surface area contributed by atoms with Crippen LogP contribution >= 0.6 is 0 Å². The monoisotopic (exact) mass is 422 g/mol. The van der Waals surface area contributed by atoms with Gasteiger partial charge in [0, 0.05) is 9.72 Å². The van der Waals surface area contributed by atoms with Crippen LogP contribution in [0.3, 0.4) is 0 Å². The zero-order chi connectivity index (χ0) is 22.5. The Kier molecular flexibility index (Phi) is 8.49. The summed E-state index contributed by atoms with van der Waals surface area (Å²) in [6, 6.07) is 0. The van der Waals surface area contributed by atoms with E-state index >= 15 is 0 Å². The van der Waals surface area contributed by atoms with Gasteiger partial charge in [-0.05, 0) is 65.6 Å². The molecule has 0 unspecified atom stereocenters. The van der Waals surface area contributed by atoms with Crippen molar-refractivity contribution in [1.29, 1.82) is 0 Å². The Labute approximate surface area is 165 Å². The van der Waals surface area contributed by atoms with Crippen molar-refractivity contribution in [2.24, 2.45) is 15.3 Å². The van der Waals surface area contributed by atoms with Crippen LogP contribution in [0.4, 0.5) is 0 Å². The standard InChI is InChI=1S/C15H30N6O6S/c1-10-28(25,26)12(16-21(24)27-11(2)3)13(19(22)17-14(4,5)6)20(23)18-15(7,8)9/h11H,10H2,1-9H3. The minimum Gasteiger partial charge on any atom is -0.590 e. The molecule has 0 atom stereocenters. The first-order chi connectivity index (χ1) is 12.4. The quantitative estimate of drug-likeness (QED) is 0.347. The van der Waals surface area contributed by atoms with Crippen molar-refractivity contribution < 1.29 is 28.0 Å². The molecule has 0 aromatic heterocycles. The van der Waals surface area contributed by atoms with Crippen molar-refractivity contribution in [2.45, 2.75) is 79.5 Å².